The van der Waals surface area contributed by atoms with E-state index in [1.54, 1.807) is 6.08 Å². The van der Waals surface area contributed by atoms with Crippen LogP contribution in [0.25, 0.3) is 17.1 Å². The van der Waals surface area contributed by atoms with Crippen LogP contribution in [0.1, 0.15) is 22.5 Å². The Labute approximate surface area is 205 Å². The smallest absolute Gasteiger partial charge is 0.244 e. The standard InChI is InChI=1S/C28H28ClN3O2/c1-20-18-23(19-21(2)28(20)29)34-17-16-32-25-11-7-6-10-24(25)31-26(32)14-15-30-27(33)13-12-22-8-4-3-5-9-22/h3-13,18-19H,14-17H2,1-2H3,(H,30,33)/b13-12+. The molecule has 1 N–H and O–H groups in total. The number of imidazole rings is 1. The monoisotopic (exact) mass is 473 g/mol. The highest BCUT2D eigenvalue weighted by molar-refractivity contribution is 6.32. The number of hydrogen-bond donors (Lipinski definition) is 1. The number of fused-ring (bicyclic) bond motifs is 1. The molecular weight excluding hydrogens is 446 g/mol. The van der Waals surface area contributed by atoms with Crippen LogP contribution in [-0.2, 0) is 17.8 Å². The van der Waals surface area contributed by atoms with Crippen LogP contribution in [0.4, 0.5) is 0 Å². The number of carbonyl (C=O) groups excluding carboxylic acids is 1. The van der Waals surface area contributed by atoms with E-state index in [-0.39, 0.29) is 5.91 Å². The number of halogens is 1. The molecule has 4 rings (SSSR count). The lowest BCUT2D eigenvalue weighted by Crippen LogP contribution is -2.25. The third-order valence-electron chi connectivity index (χ3n) is 5.60. The van der Waals surface area contributed by atoms with Crippen LogP contribution < -0.4 is 10.1 Å². The second-order valence-electron chi connectivity index (χ2n) is 8.17. The van der Waals surface area contributed by atoms with E-state index in [0.29, 0.717) is 26.1 Å². The minimum atomic E-state index is -0.122. The molecule has 1 heterocycles. The van der Waals surface area contributed by atoms with Gasteiger partial charge >= 0.3 is 0 Å². The van der Waals surface area contributed by atoms with E-state index in [4.69, 9.17) is 21.3 Å². The summed E-state index contributed by atoms with van der Waals surface area (Å²) in [7, 11) is 0. The first kappa shape index (κ1) is 23.6. The Bertz CT molecular complexity index is 1290. The number of benzene rings is 3. The van der Waals surface area contributed by atoms with E-state index >= 15 is 0 Å². The van der Waals surface area contributed by atoms with E-state index in [1.807, 2.05) is 80.6 Å². The number of amides is 1. The van der Waals surface area contributed by atoms with Gasteiger partial charge in [-0.05, 0) is 60.9 Å². The lowest BCUT2D eigenvalue weighted by atomic mass is 10.1. The number of aryl methyl sites for hydroxylation is 2. The first-order chi connectivity index (χ1) is 16.5. The molecular formula is C28H28ClN3O2. The molecule has 0 aliphatic rings. The van der Waals surface area contributed by atoms with Crippen LogP contribution >= 0.6 is 11.6 Å². The zero-order valence-electron chi connectivity index (χ0n) is 19.4. The van der Waals surface area contributed by atoms with Crippen molar-refractivity contribution in [2.24, 2.45) is 0 Å². The molecule has 174 valence electrons. The lowest BCUT2D eigenvalue weighted by molar-refractivity contribution is -0.116. The van der Waals surface area contributed by atoms with Crippen molar-refractivity contribution >= 4 is 34.6 Å². The highest BCUT2D eigenvalue weighted by Gasteiger charge is 2.11. The van der Waals surface area contributed by atoms with Gasteiger partial charge in [-0.2, -0.15) is 0 Å². The summed E-state index contributed by atoms with van der Waals surface area (Å²) in [6.07, 6.45) is 3.99. The van der Waals surface area contributed by atoms with Crippen LogP contribution in [0.15, 0.2) is 72.8 Å². The molecule has 0 saturated carbocycles. The number of hydrogen-bond acceptors (Lipinski definition) is 3. The highest BCUT2D eigenvalue weighted by Crippen LogP contribution is 2.26. The zero-order chi connectivity index (χ0) is 23.9. The molecule has 0 unspecified atom stereocenters. The molecule has 0 spiro atoms. The SMILES string of the molecule is Cc1cc(OCCn2c(CCNC(=O)/C=C/c3ccccc3)nc3ccccc32)cc(C)c1Cl. The van der Waals surface area contributed by atoms with Gasteiger partial charge in [-0.3, -0.25) is 4.79 Å². The fraction of sp³-hybridized carbons (Fsp3) is 0.214. The Hall–Kier alpha value is -3.57. The van der Waals surface area contributed by atoms with Crippen molar-refractivity contribution in [2.45, 2.75) is 26.8 Å². The second kappa shape index (κ2) is 11.0. The second-order valence-corrected chi connectivity index (χ2v) is 8.55. The summed E-state index contributed by atoms with van der Waals surface area (Å²) in [4.78, 5) is 17.0. The number of nitrogens with zero attached hydrogens (tertiary/aromatic N) is 2. The van der Waals surface area contributed by atoms with Crippen molar-refractivity contribution < 1.29 is 9.53 Å². The molecule has 5 nitrogen and oxygen atoms in total. The maximum absolute atomic E-state index is 12.2. The average molecular weight is 474 g/mol. The van der Waals surface area contributed by atoms with Gasteiger partial charge in [0.1, 0.15) is 18.2 Å². The molecule has 0 fully saturated rings. The summed E-state index contributed by atoms with van der Waals surface area (Å²) in [6.45, 7) is 5.61. The maximum Gasteiger partial charge on any atom is 0.244 e. The van der Waals surface area contributed by atoms with Crippen molar-refractivity contribution in [3.8, 4) is 5.75 Å². The maximum atomic E-state index is 12.2. The van der Waals surface area contributed by atoms with Gasteiger partial charge in [0.2, 0.25) is 5.91 Å². The molecule has 0 atom stereocenters. The quantitative estimate of drug-likeness (QED) is 0.314. The van der Waals surface area contributed by atoms with Crippen molar-refractivity contribution in [2.75, 3.05) is 13.2 Å². The summed E-state index contributed by atoms with van der Waals surface area (Å²) in [6, 6.07) is 21.7. The van der Waals surface area contributed by atoms with Gasteiger partial charge in [-0.1, -0.05) is 54.1 Å². The Morgan fingerprint density at radius 2 is 1.76 bits per heavy atom. The van der Waals surface area contributed by atoms with Crippen LogP contribution in [-0.4, -0.2) is 28.6 Å². The first-order valence-electron chi connectivity index (χ1n) is 11.4. The molecule has 4 aromatic rings. The van der Waals surface area contributed by atoms with Crippen LogP contribution in [0.3, 0.4) is 0 Å². The average Bonchev–Trinajstić information content (AvgIpc) is 3.19. The van der Waals surface area contributed by atoms with Gasteiger partial charge < -0.3 is 14.6 Å². The fourth-order valence-corrected chi connectivity index (χ4v) is 4.01. The third kappa shape index (κ3) is 5.86. The molecule has 0 aliphatic carbocycles. The van der Waals surface area contributed by atoms with Gasteiger partial charge in [0.05, 0.1) is 17.6 Å². The van der Waals surface area contributed by atoms with Crippen LogP contribution in [0.5, 0.6) is 5.75 Å². The highest BCUT2D eigenvalue weighted by atomic mass is 35.5. The third-order valence-corrected chi connectivity index (χ3v) is 6.20. The van der Waals surface area contributed by atoms with Crippen LogP contribution in [0.2, 0.25) is 5.02 Å². The van der Waals surface area contributed by atoms with E-state index in [2.05, 4.69) is 16.0 Å². The minimum Gasteiger partial charge on any atom is -0.492 e. The van der Waals surface area contributed by atoms with E-state index in [9.17, 15) is 4.79 Å². The molecule has 1 amide bonds. The van der Waals surface area contributed by atoms with Gasteiger partial charge in [0.25, 0.3) is 0 Å². The Kier molecular flexibility index (Phi) is 7.65. The molecule has 3 aromatic carbocycles. The number of para-hydroxylation sites is 2. The Balaban J connectivity index is 1.39. The molecule has 0 saturated heterocycles. The zero-order valence-corrected chi connectivity index (χ0v) is 20.2. The summed E-state index contributed by atoms with van der Waals surface area (Å²) in [5.41, 5.74) is 4.99. The predicted molar refractivity (Wildman–Crippen MR) is 138 cm³/mol. The molecule has 0 radical (unpaired) electrons. The predicted octanol–water partition coefficient (Wildman–Crippen LogP) is 5.76. The molecule has 0 aliphatic heterocycles. The summed E-state index contributed by atoms with van der Waals surface area (Å²) >= 11 is 6.27. The molecule has 0 bridgehead atoms. The summed E-state index contributed by atoms with van der Waals surface area (Å²) in [5.74, 6) is 1.60. The van der Waals surface area contributed by atoms with Gasteiger partial charge in [-0.15, -0.1) is 0 Å². The van der Waals surface area contributed by atoms with Crippen LogP contribution in [0, 0.1) is 13.8 Å². The normalized spacial score (nSPS) is 11.3. The topological polar surface area (TPSA) is 56.1 Å². The van der Waals surface area contributed by atoms with Crippen molar-refractivity contribution in [3.05, 3.63) is 100 Å². The van der Waals surface area contributed by atoms with Crippen molar-refractivity contribution in [1.29, 1.82) is 0 Å². The van der Waals surface area contributed by atoms with E-state index in [1.165, 1.54) is 0 Å². The van der Waals surface area contributed by atoms with E-state index in [0.717, 1.165) is 44.3 Å². The first-order valence-corrected chi connectivity index (χ1v) is 11.7. The minimum absolute atomic E-state index is 0.122. The summed E-state index contributed by atoms with van der Waals surface area (Å²) in [5, 5.41) is 3.72. The fourth-order valence-electron chi connectivity index (χ4n) is 3.90. The molecule has 6 heteroatoms. The van der Waals surface area contributed by atoms with Gasteiger partial charge in [-0.25, -0.2) is 4.98 Å². The summed E-state index contributed by atoms with van der Waals surface area (Å²) < 4.78 is 8.19. The van der Waals surface area contributed by atoms with Gasteiger partial charge in [0.15, 0.2) is 0 Å². The molecule has 34 heavy (non-hydrogen) atoms. The number of aromatic nitrogens is 2. The van der Waals surface area contributed by atoms with Crippen molar-refractivity contribution in [1.82, 2.24) is 14.9 Å². The number of rotatable bonds is 9. The van der Waals surface area contributed by atoms with E-state index < -0.39 is 0 Å². The molecule has 1 aromatic heterocycles. The Morgan fingerprint density at radius 3 is 2.53 bits per heavy atom. The lowest BCUT2D eigenvalue weighted by Gasteiger charge is -2.13. The number of ether oxygens (including phenoxy) is 1. The number of nitrogens with one attached hydrogen (secondary N) is 1. The van der Waals surface area contributed by atoms with Gasteiger partial charge in [0, 0.05) is 24.1 Å². The van der Waals surface area contributed by atoms with Crippen molar-refractivity contribution in [3.63, 3.8) is 0 Å². The number of carbonyl (C=O) groups is 1. The Morgan fingerprint density at radius 1 is 1.06 bits per heavy atom. The largest absolute Gasteiger partial charge is 0.492 e.